The van der Waals surface area contributed by atoms with Crippen LogP contribution in [0, 0.1) is 16.0 Å². The molecule has 0 bridgehead atoms. The third-order valence-corrected chi connectivity index (χ3v) is 7.57. The Morgan fingerprint density at radius 3 is 2.29 bits per heavy atom. The predicted molar refractivity (Wildman–Crippen MR) is 141 cm³/mol. The van der Waals surface area contributed by atoms with E-state index in [1.807, 2.05) is 36.2 Å². The van der Waals surface area contributed by atoms with Gasteiger partial charge in [0.05, 0.1) is 4.92 Å². The zero-order chi connectivity index (χ0) is 27.4. The van der Waals surface area contributed by atoms with E-state index < -0.39 is 22.4 Å². The van der Waals surface area contributed by atoms with E-state index in [2.05, 4.69) is 10.2 Å². The van der Waals surface area contributed by atoms with Crippen molar-refractivity contribution >= 4 is 34.7 Å². The molecular formula is C26H31ClF3N5O3. The highest BCUT2D eigenvalue weighted by Crippen LogP contribution is 2.38. The normalized spacial score (nSPS) is 20.2. The maximum absolute atomic E-state index is 13.3. The smallest absolute Gasteiger partial charge is 0.382 e. The summed E-state index contributed by atoms with van der Waals surface area (Å²) >= 11 is 5.97. The number of rotatable bonds is 6. The van der Waals surface area contributed by atoms with E-state index in [0.717, 1.165) is 56.6 Å². The Labute approximate surface area is 224 Å². The molecule has 8 nitrogen and oxygen atoms in total. The topological polar surface area (TPSA) is 82.0 Å². The van der Waals surface area contributed by atoms with Crippen molar-refractivity contribution in [3.8, 4) is 0 Å². The summed E-state index contributed by atoms with van der Waals surface area (Å²) in [6, 6.07) is 10.7. The van der Waals surface area contributed by atoms with Crippen LogP contribution in [0.15, 0.2) is 42.5 Å². The molecule has 2 aromatic carbocycles. The number of amides is 2. The number of benzene rings is 2. The first-order chi connectivity index (χ1) is 18.0. The molecule has 0 radical (unpaired) electrons. The van der Waals surface area contributed by atoms with Gasteiger partial charge in [-0.3, -0.25) is 10.1 Å². The molecule has 0 spiro atoms. The first-order valence-electron chi connectivity index (χ1n) is 12.6. The molecule has 2 aromatic rings. The summed E-state index contributed by atoms with van der Waals surface area (Å²) in [6.07, 6.45) is -1.66. The Balaban J connectivity index is 1.23. The number of alkyl halides is 3. The molecule has 1 heterocycles. The fraction of sp³-hybridized carbons (Fsp3) is 0.500. The van der Waals surface area contributed by atoms with Gasteiger partial charge in [0.15, 0.2) is 0 Å². The van der Waals surface area contributed by atoms with Crippen LogP contribution in [0.2, 0.25) is 5.02 Å². The van der Waals surface area contributed by atoms with E-state index in [4.69, 9.17) is 11.6 Å². The van der Waals surface area contributed by atoms with Crippen molar-refractivity contribution in [1.29, 1.82) is 0 Å². The number of carbonyl (C=O) groups is 1. The summed E-state index contributed by atoms with van der Waals surface area (Å²) in [6.45, 7) is 3.39. The van der Waals surface area contributed by atoms with Gasteiger partial charge in [-0.15, -0.1) is 0 Å². The third kappa shape index (κ3) is 6.80. The second-order valence-corrected chi connectivity index (χ2v) is 10.4. The van der Waals surface area contributed by atoms with Crippen molar-refractivity contribution in [3.05, 3.63) is 63.2 Å². The Morgan fingerprint density at radius 1 is 1.08 bits per heavy atom. The van der Waals surface area contributed by atoms with Crippen molar-refractivity contribution in [2.75, 3.05) is 50.0 Å². The minimum absolute atomic E-state index is 0.00608. The van der Waals surface area contributed by atoms with Crippen LogP contribution in [0.5, 0.6) is 0 Å². The van der Waals surface area contributed by atoms with Crippen molar-refractivity contribution in [1.82, 2.24) is 9.80 Å². The minimum atomic E-state index is -4.81. The van der Waals surface area contributed by atoms with Crippen molar-refractivity contribution in [2.45, 2.75) is 37.9 Å². The van der Waals surface area contributed by atoms with Crippen LogP contribution in [0.25, 0.3) is 0 Å². The molecule has 1 saturated carbocycles. The van der Waals surface area contributed by atoms with Crippen LogP contribution < -0.4 is 10.2 Å². The molecule has 38 heavy (non-hydrogen) atoms. The number of halogens is 4. The van der Waals surface area contributed by atoms with Gasteiger partial charge in [0.2, 0.25) is 0 Å². The lowest BCUT2D eigenvalue weighted by Crippen LogP contribution is -2.52. The largest absolute Gasteiger partial charge is 0.423 e. The zero-order valence-corrected chi connectivity index (χ0v) is 21.8. The quantitative estimate of drug-likeness (QED) is 0.345. The second kappa shape index (κ2) is 11.7. The second-order valence-electron chi connectivity index (χ2n) is 9.96. The molecule has 2 amide bonds. The van der Waals surface area contributed by atoms with Crippen LogP contribution in [-0.2, 0) is 6.18 Å². The van der Waals surface area contributed by atoms with Crippen LogP contribution in [0.3, 0.4) is 0 Å². The number of hydrogen-bond donors (Lipinski definition) is 1. The number of nitrogens with one attached hydrogen (secondary N) is 1. The van der Waals surface area contributed by atoms with Gasteiger partial charge in [0, 0.05) is 68.3 Å². The van der Waals surface area contributed by atoms with Gasteiger partial charge in [-0.1, -0.05) is 11.6 Å². The number of anilines is 2. The van der Waals surface area contributed by atoms with Gasteiger partial charge in [0.25, 0.3) is 5.69 Å². The fourth-order valence-electron chi connectivity index (χ4n) is 5.25. The van der Waals surface area contributed by atoms with Crippen LogP contribution in [0.1, 0.15) is 31.2 Å². The molecule has 1 aliphatic carbocycles. The molecule has 0 atom stereocenters. The first kappa shape index (κ1) is 27.8. The summed E-state index contributed by atoms with van der Waals surface area (Å²) in [5.74, 6) is 0.306. The van der Waals surface area contributed by atoms with Crippen molar-refractivity contribution < 1.29 is 22.9 Å². The van der Waals surface area contributed by atoms with Crippen LogP contribution >= 0.6 is 11.6 Å². The standard InChI is InChI=1S/C26H31ClF3N5O3/c1-32(25(36)34-14-12-33(13-15-34)22-9-4-19(27)5-10-22)17-18-2-6-20(7-3-18)31-21-8-11-24(35(37)38)23(16-21)26(28,29)30/h4-5,8-11,16,18,20,31H,2-3,6-7,12-15,17H2,1H3/t18-,20-. The minimum Gasteiger partial charge on any atom is -0.382 e. The SMILES string of the molecule is CN(C[C@H]1CC[C@H](Nc2ccc([N+](=O)[O-])c(C(F)(F)F)c2)CC1)C(=O)N1CCN(c2ccc(Cl)cc2)CC1. The van der Waals surface area contributed by atoms with Crippen molar-refractivity contribution in [3.63, 3.8) is 0 Å². The Hall–Kier alpha value is -3.21. The van der Waals surface area contributed by atoms with Gasteiger partial charge < -0.3 is 20.0 Å². The first-order valence-corrected chi connectivity index (χ1v) is 13.0. The summed E-state index contributed by atoms with van der Waals surface area (Å²) in [5.41, 5.74) is -0.902. The molecule has 1 N–H and O–H groups in total. The summed E-state index contributed by atoms with van der Waals surface area (Å²) in [5, 5.41) is 14.8. The molecule has 4 rings (SSSR count). The number of carbonyl (C=O) groups excluding carboxylic acids is 1. The highest BCUT2D eigenvalue weighted by atomic mass is 35.5. The van der Waals surface area contributed by atoms with Gasteiger partial charge in [0.1, 0.15) is 5.56 Å². The maximum Gasteiger partial charge on any atom is 0.423 e. The average molecular weight is 554 g/mol. The number of urea groups is 1. The van der Waals surface area contributed by atoms with Crippen molar-refractivity contribution in [2.24, 2.45) is 5.92 Å². The number of hydrogen-bond acceptors (Lipinski definition) is 5. The molecule has 206 valence electrons. The number of nitro groups is 1. The van der Waals surface area contributed by atoms with E-state index in [1.165, 1.54) is 6.07 Å². The monoisotopic (exact) mass is 553 g/mol. The van der Waals surface area contributed by atoms with E-state index in [-0.39, 0.29) is 17.8 Å². The van der Waals surface area contributed by atoms with E-state index in [9.17, 15) is 28.1 Å². The molecule has 2 aliphatic rings. The van der Waals surface area contributed by atoms with E-state index >= 15 is 0 Å². The number of nitro benzene ring substituents is 1. The Kier molecular flexibility index (Phi) is 8.54. The fourth-order valence-corrected chi connectivity index (χ4v) is 5.38. The molecule has 0 aromatic heterocycles. The molecule has 0 unspecified atom stereocenters. The molecule has 1 saturated heterocycles. The molecule has 2 fully saturated rings. The molecule has 12 heteroatoms. The highest BCUT2D eigenvalue weighted by molar-refractivity contribution is 6.30. The van der Waals surface area contributed by atoms with Gasteiger partial charge in [-0.2, -0.15) is 13.2 Å². The maximum atomic E-state index is 13.3. The average Bonchev–Trinajstić information content (AvgIpc) is 2.89. The summed E-state index contributed by atoms with van der Waals surface area (Å²) in [7, 11) is 1.81. The lowest BCUT2D eigenvalue weighted by atomic mass is 9.85. The summed E-state index contributed by atoms with van der Waals surface area (Å²) in [4.78, 5) is 28.8. The Morgan fingerprint density at radius 2 is 1.71 bits per heavy atom. The third-order valence-electron chi connectivity index (χ3n) is 7.32. The summed E-state index contributed by atoms with van der Waals surface area (Å²) < 4.78 is 39.8. The highest BCUT2D eigenvalue weighted by Gasteiger charge is 2.38. The van der Waals surface area contributed by atoms with E-state index in [0.29, 0.717) is 30.6 Å². The number of piperazine rings is 1. The van der Waals surface area contributed by atoms with Gasteiger partial charge in [-0.05, 0) is 68.0 Å². The molecular weight excluding hydrogens is 523 g/mol. The van der Waals surface area contributed by atoms with Gasteiger partial charge >= 0.3 is 12.2 Å². The lowest BCUT2D eigenvalue weighted by molar-refractivity contribution is -0.388. The molecule has 1 aliphatic heterocycles. The zero-order valence-electron chi connectivity index (χ0n) is 21.1. The van der Waals surface area contributed by atoms with E-state index in [1.54, 1.807) is 4.90 Å². The van der Waals surface area contributed by atoms with Crippen LogP contribution in [-0.4, -0.2) is 66.6 Å². The van der Waals surface area contributed by atoms with Crippen LogP contribution in [0.4, 0.5) is 35.0 Å². The Bertz CT molecular complexity index is 1130. The van der Waals surface area contributed by atoms with Gasteiger partial charge in [-0.25, -0.2) is 4.79 Å². The lowest BCUT2D eigenvalue weighted by Gasteiger charge is -2.39. The number of nitrogens with zero attached hydrogens (tertiary/aromatic N) is 4. The predicted octanol–water partition coefficient (Wildman–Crippen LogP) is 6.11.